The lowest BCUT2D eigenvalue weighted by atomic mass is 10.1. The van der Waals surface area contributed by atoms with Crippen LogP contribution in [0.1, 0.15) is 26.5 Å². The van der Waals surface area contributed by atoms with Crippen molar-refractivity contribution in [2.45, 2.75) is 33.4 Å². The number of anilines is 1. The average Bonchev–Trinajstić information content (AvgIpc) is 2.65. The van der Waals surface area contributed by atoms with Crippen LogP contribution in [0.2, 0.25) is 0 Å². The molecule has 0 aromatic carbocycles. The predicted molar refractivity (Wildman–Crippen MR) is 66.5 cm³/mol. The number of amides is 2. The number of carbonyl (C=O) groups is 1. The maximum Gasteiger partial charge on any atom is 0.321 e. The Labute approximate surface area is 99.4 Å². The maximum atomic E-state index is 11.5. The van der Waals surface area contributed by atoms with Crippen LogP contribution in [0, 0.1) is 5.92 Å². The molecule has 1 heterocycles. The molecular weight excluding hydrogens is 224 g/mol. The fourth-order valence-electron chi connectivity index (χ4n) is 0.965. The van der Waals surface area contributed by atoms with Gasteiger partial charge in [0.05, 0.1) is 5.69 Å². The van der Waals surface area contributed by atoms with E-state index in [1.54, 1.807) is 0 Å². The minimum atomic E-state index is -0.223. The Bertz CT molecular complexity index is 350. The number of hydrogen-bond acceptors (Lipinski definition) is 4. The van der Waals surface area contributed by atoms with Crippen molar-refractivity contribution in [3.05, 3.63) is 11.1 Å². The summed E-state index contributed by atoms with van der Waals surface area (Å²) in [6.07, 6.45) is 0. The number of aromatic nitrogens is 1. The lowest BCUT2D eigenvalue weighted by Crippen LogP contribution is -2.38. The third kappa shape index (κ3) is 3.79. The summed E-state index contributed by atoms with van der Waals surface area (Å²) in [7, 11) is 0. The molecule has 0 aliphatic rings. The molecule has 0 bridgehead atoms. The average molecular weight is 242 g/mol. The smallest absolute Gasteiger partial charge is 0.321 e. The normalized spacial score (nSPS) is 12.6. The summed E-state index contributed by atoms with van der Waals surface area (Å²) < 4.78 is 0. The Morgan fingerprint density at radius 3 is 2.75 bits per heavy atom. The molecule has 1 atom stereocenters. The number of rotatable bonds is 4. The number of nitrogens with two attached hydrogens (primary N) is 1. The first-order valence-electron chi connectivity index (χ1n) is 5.25. The van der Waals surface area contributed by atoms with Crippen LogP contribution in [0.25, 0.3) is 0 Å². The quantitative estimate of drug-likeness (QED) is 0.752. The standard InChI is InChI=1S/C10H18N4OS/c1-6(2)7(3)12-9(15)14-10-13-8(4-11)5-16-10/h5-7H,4,11H2,1-3H3,(H2,12,13,14,15). The largest absolute Gasteiger partial charge is 0.335 e. The van der Waals surface area contributed by atoms with E-state index in [4.69, 9.17) is 5.73 Å². The first-order valence-corrected chi connectivity index (χ1v) is 6.13. The third-order valence-electron chi connectivity index (χ3n) is 2.34. The van der Waals surface area contributed by atoms with Gasteiger partial charge < -0.3 is 11.1 Å². The molecule has 0 fully saturated rings. The van der Waals surface area contributed by atoms with Gasteiger partial charge in [-0.3, -0.25) is 5.32 Å². The van der Waals surface area contributed by atoms with E-state index in [0.29, 0.717) is 17.6 Å². The first-order chi connectivity index (χ1) is 7.52. The van der Waals surface area contributed by atoms with Gasteiger partial charge in [-0.2, -0.15) is 0 Å². The molecule has 0 aliphatic heterocycles. The summed E-state index contributed by atoms with van der Waals surface area (Å²) in [6.45, 7) is 6.47. The van der Waals surface area contributed by atoms with E-state index < -0.39 is 0 Å². The monoisotopic (exact) mass is 242 g/mol. The molecule has 1 aromatic heterocycles. The number of carbonyl (C=O) groups excluding carboxylic acids is 1. The fraction of sp³-hybridized carbons (Fsp3) is 0.600. The van der Waals surface area contributed by atoms with Crippen LogP contribution in [-0.2, 0) is 6.54 Å². The second-order valence-electron chi connectivity index (χ2n) is 3.98. The van der Waals surface area contributed by atoms with Crippen molar-refractivity contribution in [3.63, 3.8) is 0 Å². The molecule has 0 saturated heterocycles. The van der Waals surface area contributed by atoms with Crippen molar-refractivity contribution in [2.75, 3.05) is 5.32 Å². The molecule has 1 aromatic rings. The van der Waals surface area contributed by atoms with Crippen molar-refractivity contribution >= 4 is 22.5 Å². The molecule has 90 valence electrons. The number of nitrogens with one attached hydrogen (secondary N) is 2. The van der Waals surface area contributed by atoms with E-state index >= 15 is 0 Å². The van der Waals surface area contributed by atoms with Crippen LogP contribution in [0.5, 0.6) is 0 Å². The topological polar surface area (TPSA) is 80.0 Å². The first kappa shape index (κ1) is 12.9. The predicted octanol–water partition coefficient (Wildman–Crippen LogP) is 1.77. The van der Waals surface area contributed by atoms with Crippen LogP contribution >= 0.6 is 11.3 Å². The Morgan fingerprint density at radius 1 is 1.56 bits per heavy atom. The molecule has 5 nitrogen and oxygen atoms in total. The van der Waals surface area contributed by atoms with Crippen LogP contribution in [-0.4, -0.2) is 17.1 Å². The van der Waals surface area contributed by atoms with Crippen LogP contribution in [0.15, 0.2) is 5.38 Å². The molecule has 0 radical (unpaired) electrons. The second-order valence-corrected chi connectivity index (χ2v) is 4.84. The van der Waals surface area contributed by atoms with Gasteiger partial charge in [-0.25, -0.2) is 9.78 Å². The number of hydrogen-bond donors (Lipinski definition) is 3. The zero-order valence-corrected chi connectivity index (χ0v) is 10.6. The Morgan fingerprint density at radius 2 is 2.25 bits per heavy atom. The van der Waals surface area contributed by atoms with Gasteiger partial charge in [0.2, 0.25) is 0 Å². The van der Waals surface area contributed by atoms with Crippen molar-refractivity contribution in [1.82, 2.24) is 10.3 Å². The van der Waals surface area contributed by atoms with Crippen molar-refractivity contribution in [2.24, 2.45) is 11.7 Å². The van der Waals surface area contributed by atoms with Crippen LogP contribution in [0.3, 0.4) is 0 Å². The maximum absolute atomic E-state index is 11.5. The molecule has 0 saturated carbocycles. The van der Waals surface area contributed by atoms with Gasteiger partial charge in [-0.15, -0.1) is 11.3 Å². The van der Waals surface area contributed by atoms with E-state index in [9.17, 15) is 4.79 Å². The van der Waals surface area contributed by atoms with E-state index in [2.05, 4.69) is 29.5 Å². The highest BCUT2D eigenvalue weighted by atomic mass is 32.1. The molecule has 1 unspecified atom stereocenters. The molecule has 0 aliphatic carbocycles. The fourth-order valence-corrected chi connectivity index (χ4v) is 1.68. The van der Waals surface area contributed by atoms with Gasteiger partial charge >= 0.3 is 6.03 Å². The minimum absolute atomic E-state index is 0.133. The van der Waals surface area contributed by atoms with Gasteiger partial charge in [0.15, 0.2) is 5.13 Å². The lowest BCUT2D eigenvalue weighted by molar-refractivity contribution is 0.246. The van der Waals surface area contributed by atoms with Gasteiger partial charge in [0.25, 0.3) is 0 Å². The Hall–Kier alpha value is -1.14. The highest BCUT2D eigenvalue weighted by Gasteiger charge is 2.11. The summed E-state index contributed by atoms with van der Waals surface area (Å²) in [5, 5.41) is 7.94. The zero-order valence-electron chi connectivity index (χ0n) is 9.78. The Kier molecular flexibility index (Phi) is 4.70. The summed E-state index contributed by atoms with van der Waals surface area (Å²) >= 11 is 1.37. The van der Waals surface area contributed by atoms with Crippen molar-refractivity contribution in [3.8, 4) is 0 Å². The van der Waals surface area contributed by atoms with E-state index in [-0.39, 0.29) is 12.1 Å². The van der Waals surface area contributed by atoms with E-state index in [1.807, 2.05) is 12.3 Å². The minimum Gasteiger partial charge on any atom is -0.335 e. The SMILES string of the molecule is CC(C)C(C)NC(=O)Nc1nc(CN)cs1. The van der Waals surface area contributed by atoms with Crippen LogP contribution < -0.4 is 16.4 Å². The molecule has 2 amide bonds. The third-order valence-corrected chi connectivity index (χ3v) is 3.15. The highest BCUT2D eigenvalue weighted by Crippen LogP contribution is 2.14. The molecule has 1 rings (SSSR count). The van der Waals surface area contributed by atoms with Gasteiger partial charge in [-0.1, -0.05) is 13.8 Å². The summed E-state index contributed by atoms with van der Waals surface area (Å²) in [6, 6.07) is -0.0898. The molecule has 0 spiro atoms. The molecule has 4 N–H and O–H groups in total. The molecular formula is C10H18N4OS. The summed E-state index contributed by atoms with van der Waals surface area (Å²) in [5.74, 6) is 0.404. The second kappa shape index (κ2) is 5.81. The van der Waals surface area contributed by atoms with Crippen molar-refractivity contribution in [1.29, 1.82) is 0 Å². The molecule has 6 heteroatoms. The summed E-state index contributed by atoms with van der Waals surface area (Å²) in [4.78, 5) is 15.7. The number of thiazole rings is 1. The van der Waals surface area contributed by atoms with Gasteiger partial charge in [-0.05, 0) is 12.8 Å². The van der Waals surface area contributed by atoms with Crippen LogP contribution in [0.4, 0.5) is 9.93 Å². The van der Waals surface area contributed by atoms with Gasteiger partial charge in [0, 0.05) is 18.0 Å². The zero-order chi connectivity index (χ0) is 12.1. The van der Waals surface area contributed by atoms with Crippen molar-refractivity contribution < 1.29 is 4.79 Å². The lowest BCUT2D eigenvalue weighted by Gasteiger charge is -2.17. The van der Waals surface area contributed by atoms with Gasteiger partial charge in [0.1, 0.15) is 0 Å². The number of urea groups is 1. The van der Waals surface area contributed by atoms with E-state index in [0.717, 1.165) is 5.69 Å². The molecule has 16 heavy (non-hydrogen) atoms. The van der Waals surface area contributed by atoms with E-state index in [1.165, 1.54) is 11.3 Å². The Balaban J connectivity index is 2.45. The highest BCUT2D eigenvalue weighted by molar-refractivity contribution is 7.13. The summed E-state index contributed by atoms with van der Waals surface area (Å²) in [5.41, 5.74) is 6.22. The number of nitrogens with zero attached hydrogens (tertiary/aromatic N) is 1.